The predicted molar refractivity (Wildman–Crippen MR) is 92.0 cm³/mol. The number of carbonyl (C=O) groups is 1. The number of benzene rings is 1. The molecule has 0 saturated carbocycles. The summed E-state index contributed by atoms with van der Waals surface area (Å²) in [4.78, 5) is 24.2. The molecule has 1 aromatic carbocycles. The van der Waals surface area contributed by atoms with Gasteiger partial charge in [0.25, 0.3) is 0 Å². The molecule has 124 valence electrons. The molecule has 2 rings (SSSR count). The fraction of sp³-hybridized carbons (Fsp3) is 0.444. The number of carbonyl (C=O) groups excluding carboxylic acids is 1. The van der Waals surface area contributed by atoms with Crippen LogP contribution < -0.4 is 0 Å². The first kappa shape index (κ1) is 17.2. The molecule has 0 aliphatic carbocycles. The van der Waals surface area contributed by atoms with Gasteiger partial charge in [-0.05, 0) is 26.1 Å². The molecule has 1 unspecified atom stereocenters. The van der Waals surface area contributed by atoms with Gasteiger partial charge in [0.1, 0.15) is 0 Å². The molecule has 1 atom stereocenters. The second-order valence-corrected chi connectivity index (χ2v) is 6.01. The average molecular weight is 314 g/mol. The highest BCUT2D eigenvalue weighted by molar-refractivity contribution is 5.83. The molecule has 1 amide bonds. The maximum Gasteiger partial charge on any atom is 0.230 e. The predicted octanol–water partition coefficient (Wildman–Crippen LogP) is 2.49. The number of imidazole rings is 1. The zero-order chi connectivity index (χ0) is 16.7. The monoisotopic (exact) mass is 314 g/mol. The van der Waals surface area contributed by atoms with Crippen molar-refractivity contribution in [3.05, 3.63) is 54.1 Å². The number of hydrogen-bond acceptors (Lipinski definition) is 3. The quantitative estimate of drug-likeness (QED) is 0.814. The molecule has 2 aromatic rings. The number of nitrogens with one attached hydrogen (secondary N) is 1. The SMILES string of the molecule is CCC(C(=O)N(CCN(C)C)Cc1cnc[nH]1)c1ccccc1. The summed E-state index contributed by atoms with van der Waals surface area (Å²) in [7, 11) is 4.04. The van der Waals surface area contributed by atoms with Gasteiger partial charge in [-0.2, -0.15) is 0 Å². The van der Waals surface area contributed by atoms with Gasteiger partial charge in [-0.3, -0.25) is 4.79 Å². The highest BCUT2D eigenvalue weighted by Crippen LogP contribution is 2.22. The molecule has 0 saturated heterocycles. The van der Waals surface area contributed by atoms with Gasteiger partial charge in [0, 0.05) is 19.3 Å². The zero-order valence-corrected chi connectivity index (χ0v) is 14.2. The van der Waals surface area contributed by atoms with Gasteiger partial charge in [0.05, 0.1) is 24.5 Å². The Hall–Kier alpha value is -2.14. The van der Waals surface area contributed by atoms with Crippen molar-refractivity contribution < 1.29 is 4.79 Å². The van der Waals surface area contributed by atoms with Crippen LogP contribution in [0.1, 0.15) is 30.5 Å². The summed E-state index contributed by atoms with van der Waals surface area (Å²) in [6.07, 6.45) is 4.22. The summed E-state index contributed by atoms with van der Waals surface area (Å²) >= 11 is 0. The number of aromatic amines is 1. The van der Waals surface area contributed by atoms with E-state index >= 15 is 0 Å². The first-order chi connectivity index (χ1) is 11.1. The van der Waals surface area contributed by atoms with Crippen molar-refractivity contribution in [2.75, 3.05) is 27.2 Å². The molecule has 5 heteroatoms. The minimum Gasteiger partial charge on any atom is -0.347 e. The summed E-state index contributed by atoms with van der Waals surface area (Å²) in [5, 5.41) is 0. The third-order valence-corrected chi connectivity index (χ3v) is 3.95. The van der Waals surface area contributed by atoms with E-state index in [1.165, 1.54) is 0 Å². The normalized spacial score (nSPS) is 12.3. The van der Waals surface area contributed by atoms with Crippen LogP contribution in [0.25, 0.3) is 0 Å². The van der Waals surface area contributed by atoms with Crippen molar-refractivity contribution in [2.24, 2.45) is 0 Å². The van der Waals surface area contributed by atoms with Crippen LogP contribution in [0.15, 0.2) is 42.9 Å². The Morgan fingerprint density at radius 2 is 1.96 bits per heavy atom. The molecule has 0 aliphatic heterocycles. The molecule has 0 radical (unpaired) electrons. The number of hydrogen-bond donors (Lipinski definition) is 1. The van der Waals surface area contributed by atoms with Crippen molar-refractivity contribution >= 4 is 5.91 Å². The second-order valence-electron chi connectivity index (χ2n) is 6.01. The summed E-state index contributed by atoms with van der Waals surface area (Å²) in [5.41, 5.74) is 2.04. The van der Waals surface area contributed by atoms with E-state index in [1.54, 1.807) is 12.5 Å². The Balaban J connectivity index is 2.16. The number of rotatable bonds is 8. The van der Waals surface area contributed by atoms with E-state index in [0.29, 0.717) is 13.1 Å². The summed E-state index contributed by atoms with van der Waals surface area (Å²) < 4.78 is 0. The van der Waals surface area contributed by atoms with Crippen LogP contribution in [0.2, 0.25) is 0 Å². The molecule has 1 heterocycles. The maximum absolute atomic E-state index is 13.1. The molecule has 0 spiro atoms. The van der Waals surface area contributed by atoms with Gasteiger partial charge in [-0.1, -0.05) is 37.3 Å². The van der Waals surface area contributed by atoms with Gasteiger partial charge in [-0.15, -0.1) is 0 Å². The standard InChI is InChI=1S/C18H26N4O/c1-4-17(15-8-6-5-7-9-15)18(23)22(11-10-21(2)3)13-16-12-19-14-20-16/h5-9,12,14,17H,4,10-11,13H2,1-3H3,(H,19,20). The van der Waals surface area contributed by atoms with Crippen LogP contribution in [-0.2, 0) is 11.3 Å². The summed E-state index contributed by atoms with van der Waals surface area (Å²) in [6.45, 7) is 4.17. The van der Waals surface area contributed by atoms with E-state index in [9.17, 15) is 4.79 Å². The third-order valence-electron chi connectivity index (χ3n) is 3.95. The molecule has 23 heavy (non-hydrogen) atoms. The summed E-state index contributed by atoms with van der Waals surface area (Å²) in [6, 6.07) is 10.0. The van der Waals surface area contributed by atoms with Crippen LogP contribution in [0.5, 0.6) is 0 Å². The van der Waals surface area contributed by atoms with E-state index in [2.05, 4.69) is 21.8 Å². The zero-order valence-electron chi connectivity index (χ0n) is 14.2. The average Bonchev–Trinajstić information content (AvgIpc) is 3.06. The van der Waals surface area contributed by atoms with E-state index in [-0.39, 0.29) is 11.8 Å². The van der Waals surface area contributed by atoms with Crippen molar-refractivity contribution in [1.82, 2.24) is 19.8 Å². The first-order valence-electron chi connectivity index (χ1n) is 8.07. The molecular weight excluding hydrogens is 288 g/mol. The molecule has 5 nitrogen and oxygen atoms in total. The lowest BCUT2D eigenvalue weighted by Gasteiger charge is -2.28. The van der Waals surface area contributed by atoms with E-state index in [0.717, 1.165) is 24.2 Å². The van der Waals surface area contributed by atoms with Gasteiger partial charge in [0.15, 0.2) is 0 Å². The molecule has 0 bridgehead atoms. The lowest BCUT2D eigenvalue weighted by atomic mass is 9.95. The van der Waals surface area contributed by atoms with Gasteiger partial charge < -0.3 is 14.8 Å². The Kier molecular flexibility index (Phi) is 6.35. The number of H-pyrrole nitrogens is 1. The number of aromatic nitrogens is 2. The van der Waals surface area contributed by atoms with Crippen LogP contribution in [0.4, 0.5) is 0 Å². The van der Waals surface area contributed by atoms with Crippen LogP contribution >= 0.6 is 0 Å². The van der Waals surface area contributed by atoms with E-state index in [4.69, 9.17) is 0 Å². The van der Waals surface area contributed by atoms with Crippen LogP contribution in [0.3, 0.4) is 0 Å². The molecular formula is C18H26N4O. The van der Waals surface area contributed by atoms with Crippen molar-refractivity contribution in [2.45, 2.75) is 25.8 Å². The maximum atomic E-state index is 13.1. The van der Waals surface area contributed by atoms with Crippen molar-refractivity contribution in [3.63, 3.8) is 0 Å². The van der Waals surface area contributed by atoms with Crippen LogP contribution in [-0.4, -0.2) is 52.9 Å². The van der Waals surface area contributed by atoms with Crippen molar-refractivity contribution in [1.29, 1.82) is 0 Å². The van der Waals surface area contributed by atoms with Crippen molar-refractivity contribution in [3.8, 4) is 0 Å². The van der Waals surface area contributed by atoms with Crippen LogP contribution in [0, 0.1) is 0 Å². The Bertz CT molecular complexity index is 580. The lowest BCUT2D eigenvalue weighted by Crippen LogP contribution is -2.39. The second kappa shape index (κ2) is 8.48. The molecule has 1 aromatic heterocycles. The van der Waals surface area contributed by atoms with Gasteiger partial charge in [-0.25, -0.2) is 4.98 Å². The first-order valence-corrected chi connectivity index (χ1v) is 8.07. The third kappa shape index (κ3) is 4.93. The van der Waals surface area contributed by atoms with Gasteiger partial charge in [0.2, 0.25) is 5.91 Å². The number of nitrogens with zero attached hydrogens (tertiary/aromatic N) is 3. The highest BCUT2D eigenvalue weighted by Gasteiger charge is 2.24. The number of amides is 1. The minimum atomic E-state index is -0.0960. The molecule has 1 N–H and O–H groups in total. The lowest BCUT2D eigenvalue weighted by molar-refractivity contribution is -0.133. The molecule has 0 fully saturated rings. The van der Waals surface area contributed by atoms with E-state index < -0.39 is 0 Å². The minimum absolute atomic E-state index is 0.0960. The topological polar surface area (TPSA) is 52.2 Å². The Morgan fingerprint density at radius 3 is 2.52 bits per heavy atom. The number of likely N-dealkylation sites (N-methyl/N-ethyl adjacent to an activating group) is 1. The Morgan fingerprint density at radius 1 is 1.22 bits per heavy atom. The summed E-state index contributed by atoms with van der Waals surface area (Å²) in [5.74, 6) is 0.0800. The fourth-order valence-electron chi connectivity index (χ4n) is 2.62. The van der Waals surface area contributed by atoms with E-state index in [1.807, 2.05) is 49.3 Å². The Labute approximate surface area is 138 Å². The fourth-order valence-corrected chi connectivity index (χ4v) is 2.62. The molecule has 0 aliphatic rings. The smallest absolute Gasteiger partial charge is 0.230 e. The highest BCUT2D eigenvalue weighted by atomic mass is 16.2. The largest absolute Gasteiger partial charge is 0.347 e. The van der Waals surface area contributed by atoms with Gasteiger partial charge >= 0.3 is 0 Å².